The van der Waals surface area contributed by atoms with Crippen LogP contribution in [0.15, 0.2) is 17.6 Å². The summed E-state index contributed by atoms with van der Waals surface area (Å²) in [6.45, 7) is 6.37. The van der Waals surface area contributed by atoms with Gasteiger partial charge in [0.1, 0.15) is 12.7 Å². The van der Waals surface area contributed by atoms with E-state index in [1.54, 1.807) is 12.7 Å². The lowest BCUT2D eigenvalue weighted by molar-refractivity contribution is 0.432. The number of nitrogens with one attached hydrogen (secondary N) is 1. The van der Waals surface area contributed by atoms with Crippen LogP contribution in [0.25, 0.3) is 0 Å². The van der Waals surface area contributed by atoms with Gasteiger partial charge in [0.2, 0.25) is 0 Å². The van der Waals surface area contributed by atoms with Crippen LogP contribution in [0.2, 0.25) is 0 Å². The molecular weight excluding hydrogens is 379 g/mol. The van der Waals surface area contributed by atoms with Crippen molar-refractivity contribution in [3.63, 3.8) is 0 Å². The van der Waals surface area contributed by atoms with Crippen molar-refractivity contribution in [1.29, 1.82) is 0 Å². The number of rotatable bonds is 5. The topological polar surface area (TPSA) is 58.3 Å². The van der Waals surface area contributed by atoms with Gasteiger partial charge in [0.15, 0.2) is 5.96 Å². The molecule has 118 valence electrons. The van der Waals surface area contributed by atoms with Crippen molar-refractivity contribution < 1.29 is 0 Å². The van der Waals surface area contributed by atoms with Crippen LogP contribution in [-0.2, 0) is 5.54 Å². The molecule has 21 heavy (non-hydrogen) atoms. The van der Waals surface area contributed by atoms with Crippen molar-refractivity contribution in [2.45, 2.75) is 44.7 Å². The third-order valence-corrected chi connectivity index (χ3v) is 4.20. The Morgan fingerprint density at radius 3 is 2.81 bits per heavy atom. The van der Waals surface area contributed by atoms with E-state index in [1.165, 1.54) is 6.42 Å². The highest BCUT2D eigenvalue weighted by Gasteiger charge is 2.45. The fourth-order valence-electron chi connectivity index (χ4n) is 2.90. The molecule has 1 atom stereocenters. The smallest absolute Gasteiger partial charge is 0.194 e. The molecule has 2 fully saturated rings. The molecule has 0 bridgehead atoms. The third kappa shape index (κ3) is 3.67. The van der Waals surface area contributed by atoms with Gasteiger partial charge < -0.3 is 10.2 Å². The van der Waals surface area contributed by atoms with E-state index in [-0.39, 0.29) is 29.5 Å². The Morgan fingerprint density at radius 1 is 1.48 bits per heavy atom. The van der Waals surface area contributed by atoms with Crippen molar-refractivity contribution >= 4 is 29.9 Å². The predicted molar refractivity (Wildman–Crippen MR) is 94.0 cm³/mol. The summed E-state index contributed by atoms with van der Waals surface area (Å²) >= 11 is 0. The van der Waals surface area contributed by atoms with Crippen molar-refractivity contribution in [2.75, 3.05) is 20.1 Å². The average Bonchev–Trinajstić information content (AvgIpc) is 2.84. The molecule has 1 aliphatic heterocycles. The van der Waals surface area contributed by atoms with Gasteiger partial charge in [-0.05, 0) is 25.2 Å². The fraction of sp³-hybridized carbons (Fsp3) is 0.786. The normalized spacial score (nSPS) is 25.0. The van der Waals surface area contributed by atoms with Gasteiger partial charge in [0.25, 0.3) is 0 Å². The minimum absolute atomic E-state index is 0. The molecule has 1 aliphatic carbocycles. The zero-order valence-electron chi connectivity index (χ0n) is 13.0. The number of aromatic nitrogens is 3. The van der Waals surface area contributed by atoms with Gasteiger partial charge in [-0.25, -0.2) is 9.67 Å². The molecule has 1 saturated heterocycles. The Balaban J connectivity index is 0.00000161. The van der Waals surface area contributed by atoms with Gasteiger partial charge >= 0.3 is 0 Å². The Labute approximate surface area is 143 Å². The summed E-state index contributed by atoms with van der Waals surface area (Å²) in [5.41, 5.74) is 0.0855. The largest absolute Gasteiger partial charge is 0.352 e. The van der Waals surface area contributed by atoms with Gasteiger partial charge in [-0.1, -0.05) is 13.8 Å². The number of halogens is 1. The maximum absolute atomic E-state index is 4.79. The highest BCUT2D eigenvalue weighted by Crippen LogP contribution is 2.42. The SMILES string of the molecule is CC(C)CC1CN(C)C(=NCC2(n3cncn3)CC2)N1.I. The molecule has 2 aliphatic rings. The van der Waals surface area contributed by atoms with Crippen LogP contribution < -0.4 is 5.32 Å². The van der Waals surface area contributed by atoms with E-state index < -0.39 is 0 Å². The average molecular weight is 404 g/mol. The van der Waals surface area contributed by atoms with E-state index in [1.807, 2.05) is 4.68 Å². The van der Waals surface area contributed by atoms with Crippen LogP contribution in [0.1, 0.15) is 33.1 Å². The molecule has 0 aromatic carbocycles. The number of aliphatic imine (C=N–C) groups is 1. The maximum atomic E-state index is 4.79. The number of nitrogens with zero attached hydrogens (tertiary/aromatic N) is 5. The molecule has 1 aromatic heterocycles. The van der Waals surface area contributed by atoms with Crippen molar-refractivity contribution in [3.05, 3.63) is 12.7 Å². The molecule has 3 rings (SSSR count). The molecule has 1 aromatic rings. The van der Waals surface area contributed by atoms with E-state index in [0.717, 1.165) is 31.9 Å². The summed E-state index contributed by atoms with van der Waals surface area (Å²) in [6, 6.07) is 0.528. The predicted octanol–water partition coefficient (Wildman–Crippen LogP) is 1.69. The minimum atomic E-state index is 0. The standard InChI is InChI=1S/C14H24N6.HI/c1-11(2)6-12-7-19(3)13(18-12)16-8-14(4-5-14)20-10-15-9-17-20;/h9-12H,4-8H2,1-3H3,(H,16,18);1H. The summed E-state index contributed by atoms with van der Waals surface area (Å²) in [4.78, 5) is 11.1. The van der Waals surface area contributed by atoms with Crippen LogP contribution in [0.3, 0.4) is 0 Å². The van der Waals surface area contributed by atoms with Crippen molar-refractivity contribution in [3.8, 4) is 0 Å². The van der Waals surface area contributed by atoms with Crippen molar-refractivity contribution in [1.82, 2.24) is 25.0 Å². The summed E-state index contributed by atoms with van der Waals surface area (Å²) in [5, 5.41) is 7.82. The maximum Gasteiger partial charge on any atom is 0.194 e. The van der Waals surface area contributed by atoms with E-state index >= 15 is 0 Å². The first-order valence-electron chi connectivity index (χ1n) is 7.46. The third-order valence-electron chi connectivity index (χ3n) is 4.20. The highest BCUT2D eigenvalue weighted by molar-refractivity contribution is 14.0. The number of hydrogen-bond donors (Lipinski definition) is 1. The second kappa shape index (κ2) is 6.50. The van der Waals surface area contributed by atoms with Crippen LogP contribution in [0.4, 0.5) is 0 Å². The van der Waals surface area contributed by atoms with E-state index in [9.17, 15) is 0 Å². The van der Waals surface area contributed by atoms with Gasteiger partial charge in [-0.15, -0.1) is 24.0 Å². The lowest BCUT2D eigenvalue weighted by Crippen LogP contribution is -2.31. The minimum Gasteiger partial charge on any atom is -0.352 e. The summed E-state index contributed by atoms with van der Waals surface area (Å²) in [6.07, 6.45) is 6.89. The molecule has 0 radical (unpaired) electrons. The van der Waals surface area contributed by atoms with Gasteiger partial charge in [-0.3, -0.25) is 4.99 Å². The molecular formula is C14H25IN6. The van der Waals surface area contributed by atoms with Crippen LogP contribution >= 0.6 is 24.0 Å². The van der Waals surface area contributed by atoms with Gasteiger partial charge in [-0.2, -0.15) is 5.10 Å². The van der Waals surface area contributed by atoms with E-state index in [0.29, 0.717) is 12.0 Å². The Kier molecular flexibility index (Phi) is 5.11. The molecule has 0 amide bonds. The van der Waals surface area contributed by atoms with E-state index in [4.69, 9.17) is 4.99 Å². The Bertz CT molecular complexity index is 480. The first-order chi connectivity index (χ1) is 9.59. The summed E-state index contributed by atoms with van der Waals surface area (Å²) in [5.74, 6) is 1.74. The molecule has 6 nitrogen and oxygen atoms in total. The van der Waals surface area contributed by atoms with Crippen LogP contribution in [-0.4, -0.2) is 51.8 Å². The second-order valence-corrected chi connectivity index (χ2v) is 6.56. The Morgan fingerprint density at radius 2 is 2.24 bits per heavy atom. The zero-order valence-corrected chi connectivity index (χ0v) is 15.3. The second-order valence-electron chi connectivity index (χ2n) is 6.56. The number of likely N-dealkylation sites (N-methyl/N-ethyl adjacent to an activating group) is 1. The lowest BCUT2D eigenvalue weighted by atomic mass is 10.0. The quantitative estimate of drug-likeness (QED) is 0.759. The highest BCUT2D eigenvalue weighted by atomic mass is 127. The van der Waals surface area contributed by atoms with Gasteiger partial charge in [0, 0.05) is 19.6 Å². The van der Waals surface area contributed by atoms with Crippen molar-refractivity contribution in [2.24, 2.45) is 10.9 Å². The molecule has 1 unspecified atom stereocenters. The first-order valence-corrected chi connectivity index (χ1v) is 7.46. The monoisotopic (exact) mass is 404 g/mol. The molecule has 2 heterocycles. The fourth-order valence-corrected chi connectivity index (χ4v) is 2.90. The molecule has 1 N–H and O–H groups in total. The molecule has 0 spiro atoms. The summed E-state index contributed by atoms with van der Waals surface area (Å²) < 4.78 is 1.97. The lowest BCUT2D eigenvalue weighted by Gasteiger charge is -2.15. The van der Waals surface area contributed by atoms with E-state index in [2.05, 4.69) is 41.2 Å². The molecule has 7 heteroatoms. The number of hydrogen-bond acceptors (Lipinski definition) is 3. The Hall–Kier alpha value is -0.860. The summed E-state index contributed by atoms with van der Waals surface area (Å²) in [7, 11) is 2.11. The molecule has 1 saturated carbocycles. The zero-order chi connectivity index (χ0) is 14.2. The number of guanidine groups is 1. The van der Waals surface area contributed by atoms with Crippen LogP contribution in [0, 0.1) is 5.92 Å². The van der Waals surface area contributed by atoms with Gasteiger partial charge in [0.05, 0.1) is 12.1 Å². The first kappa shape index (κ1) is 16.5. The van der Waals surface area contributed by atoms with Crippen LogP contribution in [0.5, 0.6) is 0 Å².